The number of rotatable bonds is 1. The Bertz CT molecular complexity index is 301. The molecule has 0 radical (unpaired) electrons. The van der Waals surface area contributed by atoms with E-state index in [1.54, 1.807) is 0 Å². The van der Waals surface area contributed by atoms with Crippen molar-refractivity contribution in [1.82, 2.24) is 0 Å². The third-order valence-corrected chi connectivity index (χ3v) is 4.29. The Morgan fingerprint density at radius 1 is 1.12 bits per heavy atom. The van der Waals surface area contributed by atoms with Crippen molar-refractivity contribution in [1.29, 1.82) is 0 Å². The zero-order chi connectivity index (χ0) is 12.1. The summed E-state index contributed by atoms with van der Waals surface area (Å²) in [5, 5.41) is 29.3. The molecule has 1 aliphatic heterocycles. The van der Waals surface area contributed by atoms with Crippen molar-refractivity contribution in [3.05, 3.63) is 0 Å². The van der Waals surface area contributed by atoms with Crippen LogP contribution in [0.15, 0.2) is 0 Å². The summed E-state index contributed by atoms with van der Waals surface area (Å²) in [6, 6.07) is 0. The van der Waals surface area contributed by atoms with Crippen molar-refractivity contribution in [3.63, 3.8) is 0 Å². The molecule has 0 aromatic rings. The zero-order valence-corrected chi connectivity index (χ0v) is 9.84. The Labute approximate surface area is 100 Å². The molecule has 3 fully saturated rings. The molecule has 0 amide bonds. The van der Waals surface area contributed by atoms with Crippen LogP contribution < -0.4 is 0 Å². The summed E-state index contributed by atoms with van der Waals surface area (Å²) in [6.45, 7) is -0.344. The SMILES string of the molecule is OC[C@@]1(O)C[C@@H](O)[C@@H]2OC3(CCCC3)O[C@@H]2C1. The lowest BCUT2D eigenvalue weighted by molar-refractivity contribution is -0.175. The van der Waals surface area contributed by atoms with Gasteiger partial charge in [-0.15, -0.1) is 0 Å². The molecule has 5 heteroatoms. The van der Waals surface area contributed by atoms with Crippen LogP contribution in [0.2, 0.25) is 0 Å². The van der Waals surface area contributed by atoms with Crippen molar-refractivity contribution >= 4 is 0 Å². The van der Waals surface area contributed by atoms with E-state index in [1.807, 2.05) is 0 Å². The molecule has 3 aliphatic rings. The Morgan fingerprint density at radius 3 is 2.47 bits per heavy atom. The minimum absolute atomic E-state index is 0.157. The van der Waals surface area contributed by atoms with Gasteiger partial charge in [0.15, 0.2) is 5.79 Å². The second-order valence-electron chi connectivity index (χ2n) is 5.71. The fraction of sp³-hybridized carbons (Fsp3) is 1.00. The van der Waals surface area contributed by atoms with E-state index in [0.717, 1.165) is 25.7 Å². The molecule has 0 bridgehead atoms. The smallest absolute Gasteiger partial charge is 0.169 e. The van der Waals surface area contributed by atoms with E-state index >= 15 is 0 Å². The van der Waals surface area contributed by atoms with Crippen molar-refractivity contribution in [2.45, 2.75) is 68.2 Å². The summed E-state index contributed by atoms with van der Waals surface area (Å²) in [7, 11) is 0. The van der Waals surface area contributed by atoms with Crippen molar-refractivity contribution in [2.24, 2.45) is 0 Å². The Hall–Kier alpha value is -0.200. The number of hydrogen-bond acceptors (Lipinski definition) is 5. The first-order chi connectivity index (χ1) is 8.06. The number of ether oxygens (including phenoxy) is 2. The van der Waals surface area contributed by atoms with Gasteiger partial charge < -0.3 is 24.8 Å². The van der Waals surface area contributed by atoms with Crippen LogP contribution in [-0.2, 0) is 9.47 Å². The van der Waals surface area contributed by atoms with Crippen molar-refractivity contribution in [2.75, 3.05) is 6.61 Å². The van der Waals surface area contributed by atoms with Crippen LogP contribution in [0.4, 0.5) is 0 Å². The Morgan fingerprint density at radius 2 is 1.82 bits per heavy atom. The zero-order valence-electron chi connectivity index (χ0n) is 9.84. The maximum absolute atomic E-state index is 10.1. The van der Waals surface area contributed by atoms with Crippen LogP contribution in [0.25, 0.3) is 0 Å². The molecule has 1 saturated heterocycles. The number of aliphatic hydroxyl groups excluding tert-OH is 2. The average Bonchev–Trinajstić information content (AvgIpc) is 2.86. The van der Waals surface area contributed by atoms with Crippen molar-refractivity contribution < 1.29 is 24.8 Å². The third-order valence-electron chi connectivity index (χ3n) is 4.29. The van der Waals surface area contributed by atoms with Gasteiger partial charge in [-0.2, -0.15) is 0 Å². The molecule has 0 aromatic carbocycles. The summed E-state index contributed by atoms with van der Waals surface area (Å²) in [4.78, 5) is 0. The number of aliphatic hydroxyl groups is 3. The van der Waals surface area contributed by atoms with E-state index in [1.165, 1.54) is 0 Å². The standard InChI is InChI=1S/C12H20O5/c13-7-11(15)5-8(14)10-9(6-11)16-12(17-10)3-1-2-4-12/h8-10,13-15H,1-7H2/t8-,9-,10+,11-/m1/s1. The van der Waals surface area contributed by atoms with E-state index in [9.17, 15) is 15.3 Å². The maximum atomic E-state index is 10.1. The molecular weight excluding hydrogens is 224 g/mol. The molecule has 98 valence electrons. The van der Waals surface area contributed by atoms with E-state index < -0.39 is 17.5 Å². The monoisotopic (exact) mass is 244 g/mol. The lowest BCUT2D eigenvalue weighted by atomic mass is 9.80. The van der Waals surface area contributed by atoms with Gasteiger partial charge in [0.25, 0.3) is 0 Å². The quantitative estimate of drug-likeness (QED) is 0.601. The third kappa shape index (κ3) is 1.90. The molecule has 1 spiro atoms. The van der Waals surface area contributed by atoms with Gasteiger partial charge in [0.05, 0.1) is 24.4 Å². The molecule has 1 heterocycles. The predicted molar refractivity (Wildman–Crippen MR) is 58.2 cm³/mol. The molecule has 4 atom stereocenters. The molecule has 0 unspecified atom stereocenters. The predicted octanol–water partition coefficient (Wildman–Crippen LogP) is -0.0812. The van der Waals surface area contributed by atoms with Crippen LogP contribution >= 0.6 is 0 Å². The molecule has 2 saturated carbocycles. The molecular formula is C12H20O5. The summed E-state index contributed by atoms with van der Waals surface area (Å²) < 4.78 is 11.8. The van der Waals surface area contributed by atoms with Gasteiger partial charge in [-0.3, -0.25) is 0 Å². The highest BCUT2D eigenvalue weighted by Crippen LogP contribution is 2.47. The van der Waals surface area contributed by atoms with Crippen molar-refractivity contribution in [3.8, 4) is 0 Å². The molecule has 0 aromatic heterocycles. The normalized spacial score (nSPS) is 48.5. The number of hydrogen-bond donors (Lipinski definition) is 3. The van der Waals surface area contributed by atoms with Gasteiger partial charge in [-0.25, -0.2) is 0 Å². The van der Waals surface area contributed by atoms with Gasteiger partial charge in [0.2, 0.25) is 0 Å². The van der Waals surface area contributed by atoms with Crippen LogP contribution in [0.5, 0.6) is 0 Å². The largest absolute Gasteiger partial charge is 0.393 e. The summed E-state index contributed by atoms with van der Waals surface area (Å²) in [5.41, 5.74) is -1.23. The van der Waals surface area contributed by atoms with Gasteiger partial charge >= 0.3 is 0 Å². The van der Waals surface area contributed by atoms with E-state index in [0.29, 0.717) is 6.42 Å². The van der Waals surface area contributed by atoms with E-state index in [2.05, 4.69) is 0 Å². The average molecular weight is 244 g/mol. The molecule has 3 N–H and O–H groups in total. The first-order valence-electron chi connectivity index (χ1n) is 6.43. The summed E-state index contributed by atoms with van der Waals surface area (Å²) in [6.07, 6.45) is 2.99. The van der Waals surface area contributed by atoms with E-state index in [4.69, 9.17) is 9.47 Å². The second kappa shape index (κ2) is 3.90. The first-order valence-corrected chi connectivity index (χ1v) is 6.43. The van der Waals surface area contributed by atoms with Crippen LogP contribution in [0.3, 0.4) is 0 Å². The van der Waals surface area contributed by atoms with Gasteiger partial charge in [0, 0.05) is 25.7 Å². The maximum Gasteiger partial charge on any atom is 0.169 e. The second-order valence-corrected chi connectivity index (χ2v) is 5.71. The summed E-state index contributed by atoms with van der Waals surface area (Å²) in [5.74, 6) is -0.531. The highest BCUT2D eigenvalue weighted by molar-refractivity contribution is 5.02. The Balaban J connectivity index is 1.78. The highest BCUT2D eigenvalue weighted by atomic mass is 16.8. The van der Waals surface area contributed by atoms with Gasteiger partial charge in [-0.05, 0) is 12.8 Å². The van der Waals surface area contributed by atoms with Gasteiger partial charge in [-0.1, -0.05) is 0 Å². The molecule has 17 heavy (non-hydrogen) atoms. The molecule has 5 nitrogen and oxygen atoms in total. The van der Waals surface area contributed by atoms with E-state index in [-0.39, 0.29) is 25.2 Å². The fourth-order valence-electron chi connectivity index (χ4n) is 3.42. The molecule has 3 rings (SSSR count). The molecule has 2 aliphatic carbocycles. The lowest BCUT2D eigenvalue weighted by Crippen LogP contribution is -2.52. The first kappa shape index (κ1) is 11.9. The highest BCUT2D eigenvalue weighted by Gasteiger charge is 2.56. The Kier molecular flexibility index (Phi) is 2.72. The lowest BCUT2D eigenvalue weighted by Gasteiger charge is -2.38. The summed E-state index contributed by atoms with van der Waals surface area (Å²) >= 11 is 0. The van der Waals surface area contributed by atoms with Crippen LogP contribution in [0, 0.1) is 0 Å². The van der Waals surface area contributed by atoms with Gasteiger partial charge in [0.1, 0.15) is 6.10 Å². The minimum Gasteiger partial charge on any atom is -0.393 e. The van der Waals surface area contributed by atoms with Crippen LogP contribution in [0.1, 0.15) is 38.5 Å². The number of fused-ring (bicyclic) bond motifs is 1. The van der Waals surface area contributed by atoms with Crippen LogP contribution in [-0.4, -0.2) is 51.6 Å². The topological polar surface area (TPSA) is 79.2 Å². The minimum atomic E-state index is -1.23. The fourth-order valence-corrected chi connectivity index (χ4v) is 3.42.